The molecule has 3 heterocycles. The molecule has 1 N–H and O–H groups in total. The van der Waals surface area contributed by atoms with Crippen LogP contribution in [0.2, 0.25) is 0 Å². The lowest BCUT2D eigenvalue weighted by Gasteiger charge is -2.27. The minimum atomic E-state index is -4.47. The van der Waals surface area contributed by atoms with Crippen molar-refractivity contribution in [3.8, 4) is 0 Å². The first-order valence-corrected chi connectivity index (χ1v) is 6.97. The molecule has 0 saturated carbocycles. The maximum Gasteiger partial charge on any atom is 0.451 e. The molecule has 0 fully saturated rings. The molecule has 0 saturated heterocycles. The fourth-order valence-corrected chi connectivity index (χ4v) is 2.79. The van der Waals surface area contributed by atoms with Gasteiger partial charge in [0.15, 0.2) is 0 Å². The molecule has 0 aromatic carbocycles. The molecule has 2 aromatic heterocycles. The van der Waals surface area contributed by atoms with Gasteiger partial charge in [-0.1, -0.05) is 4.49 Å². The molecule has 0 bridgehead atoms. The molecule has 11 heteroatoms. The number of alkyl halides is 3. The summed E-state index contributed by atoms with van der Waals surface area (Å²) in [5.74, 6) is -0.605. The third kappa shape index (κ3) is 2.70. The number of halogens is 3. The molecule has 0 atom stereocenters. The summed E-state index contributed by atoms with van der Waals surface area (Å²) in [6, 6.07) is 0. The van der Waals surface area contributed by atoms with Gasteiger partial charge in [0.25, 0.3) is 0 Å². The van der Waals surface area contributed by atoms with Crippen molar-refractivity contribution in [2.24, 2.45) is 0 Å². The first-order valence-electron chi connectivity index (χ1n) is 6.19. The van der Waals surface area contributed by atoms with E-state index in [0.717, 1.165) is 15.3 Å². The van der Waals surface area contributed by atoms with Crippen LogP contribution in [0.1, 0.15) is 17.3 Å². The third-order valence-corrected chi connectivity index (χ3v) is 4.03. The first kappa shape index (κ1) is 14.2. The van der Waals surface area contributed by atoms with Gasteiger partial charge in [-0.25, -0.2) is 0 Å². The molecule has 7 nitrogen and oxygen atoms in total. The predicted molar refractivity (Wildman–Crippen MR) is 68.6 cm³/mol. The lowest BCUT2D eigenvalue weighted by Crippen LogP contribution is -2.35. The molecule has 0 aliphatic carbocycles. The van der Waals surface area contributed by atoms with Crippen molar-refractivity contribution in [1.82, 2.24) is 29.3 Å². The van der Waals surface area contributed by atoms with Gasteiger partial charge >= 0.3 is 6.18 Å². The van der Waals surface area contributed by atoms with Crippen molar-refractivity contribution in [1.29, 1.82) is 0 Å². The molecule has 1 aliphatic rings. The topological polar surface area (TPSA) is 71.8 Å². The number of nitrogens with one attached hydrogen (secondary N) is 1. The minimum absolute atomic E-state index is 0.212. The van der Waals surface area contributed by atoms with Crippen LogP contribution >= 0.6 is 11.5 Å². The second-order valence-corrected chi connectivity index (χ2v) is 5.35. The van der Waals surface area contributed by atoms with E-state index in [1.165, 1.54) is 11.5 Å². The van der Waals surface area contributed by atoms with Gasteiger partial charge in [-0.05, 0) is 0 Å². The van der Waals surface area contributed by atoms with Gasteiger partial charge in [-0.15, -0.1) is 15.3 Å². The number of rotatable bonds is 3. The van der Waals surface area contributed by atoms with Gasteiger partial charge in [0.05, 0.1) is 6.54 Å². The smallest absolute Gasteiger partial charge is 0.377 e. The average Bonchev–Trinajstić information content (AvgIpc) is 3.03. The monoisotopic (exact) mass is 319 g/mol. The Labute approximate surface area is 121 Å². The summed E-state index contributed by atoms with van der Waals surface area (Å²) in [6.07, 6.45) is -4.47. The Kier molecular flexibility index (Phi) is 3.53. The normalized spacial score (nSPS) is 16.0. The van der Waals surface area contributed by atoms with E-state index in [9.17, 15) is 13.2 Å². The number of fused-ring (bicyclic) bond motifs is 1. The lowest BCUT2D eigenvalue weighted by molar-refractivity contribution is -0.148. The SMILES string of the molecule is CNc1snnc1CN1CCn2c(nnc2C(F)(F)F)C1. The quantitative estimate of drug-likeness (QED) is 0.917. The molecule has 0 amide bonds. The van der Waals surface area contributed by atoms with Crippen LogP contribution in [-0.2, 0) is 25.8 Å². The van der Waals surface area contributed by atoms with E-state index in [-0.39, 0.29) is 6.54 Å². The molecule has 1 aliphatic heterocycles. The number of aromatic nitrogens is 5. The summed E-state index contributed by atoms with van der Waals surface area (Å²) in [5.41, 5.74) is 0.784. The Balaban J connectivity index is 1.75. The van der Waals surface area contributed by atoms with Crippen LogP contribution in [0.15, 0.2) is 0 Å². The molecule has 2 aromatic rings. The highest BCUT2D eigenvalue weighted by Gasteiger charge is 2.39. The number of hydrogen-bond donors (Lipinski definition) is 1. The Morgan fingerprint density at radius 3 is 2.76 bits per heavy atom. The number of hydrogen-bond acceptors (Lipinski definition) is 7. The highest BCUT2D eigenvalue weighted by atomic mass is 32.1. The van der Waals surface area contributed by atoms with E-state index in [2.05, 4.69) is 25.1 Å². The molecule has 0 spiro atoms. The Bertz CT molecular complexity index is 635. The van der Waals surface area contributed by atoms with Crippen LogP contribution in [0.3, 0.4) is 0 Å². The van der Waals surface area contributed by atoms with Gasteiger partial charge in [-0.3, -0.25) is 4.90 Å². The van der Waals surface area contributed by atoms with Crippen molar-refractivity contribution in [2.75, 3.05) is 18.9 Å². The van der Waals surface area contributed by atoms with E-state index in [1.54, 1.807) is 7.05 Å². The van der Waals surface area contributed by atoms with Crippen LogP contribution in [0.25, 0.3) is 0 Å². The zero-order chi connectivity index (χ0) is 15.0. The summed E-state index contributed by atoms with van der Waals surface area (Å²) >= 11 is 1.25. The van der Waals surface area contributed by atoms with E-state index in [4.69, 9.17) is 0 Å². The van der Waals surface area contributed by atoms with E-state index in [1.807, 2.05) is 4.90 Å². The van der Waals surface area contributed by atoms with Crippen molar-refractivity contribution in [3.63, 3.8) is 0 Å². The van der Waals surface area contributed by atoms with Gasteiger partial charge in [0.2, 0.25) is 5.82 Å². The minimum Gasteiger partial charge on any atom is -0.377 e. The average molecular weight is 319 g/mol. The Hall–Kier alpha value is -1.75. The van der Waals surface area contributed by atoms with E-state index in [0.29, 0.717) is 25.5 Å². The highest BCUT2D eigenvalue weighted by molar-refractivity contribution is 7.10. The molecule has 21 heavy (non-hydrogen) atoms. The second-order valence-electron chi connectivity index (χ2n) is 4.60. The molecule has 114 valence electrons. The standard InChI is InChI=1S/C10H12F3N7S/c1-14-8-6(15-18-21-8)4-19-2-3-20-7(5-19)16-17-9(20)10(11,12)13/h14H,2-5H2,1H3. The second kappa shape index (κ2) is 5.22. The van der Waals surface area contributed by atoms with Gasteiger partial charge in [0.1, 0.15) is 16.5 Å². The summed E-state index contributed by atoms with van der Waals surface area (Å²) in [6.45, 7) is 1.52. The maximum absolute atomic E-state index is 12.7. The maximum atomic E-state index is 12.7. The van der Waals surface area contributed by atoms with Crippen LogP contribution in [0.5, 0.6) is 0 Å². The summed E-state index contributed by atoms with van der Waals surface area (Å²) in [5, 5.41) is 14.8. The summed E-state index contributed by atoms with van der Waals surface area (Å²) in [4.78, 5) is 1.97. The van der Waals surface area contributed by atoms with Crippen LogP contribution in [-0.4, -0.2) is 42.8 Å². The van der Waals surface area contributed by atoms with Crippen LogP contribution in [0, 0.1) is 0 Å². The highest BCUT2D eigenvalue weighted by Crippen LogP contribution is 2.30. The Morgan fingerprint density at radius 1 is 1.24 bits per heavy atom. The molecule has 0 unspecified atom stereocenters. The molecular weight excluding hydrogens is 307 g/mol. The van der Waals surface area contributed by atoms with Crippen LogP contribution in [0.4, 0.5) is 18.2 Å². The molecule has 0 radical (unpaired) electrons. The zero-order valence-electron chi connectivity index (χ0n) is 11.1. The molecular formula is C10H12F3N7S. The first-order chi connectivity index (χ1) is 9.99. The van der Waals surface area contributed by atoms with Gasteiger partial charge in [-0.2, -0.15) is 13.2 Å². The van der Waals surface area contributed by atoms with E-state index >= 15 is 0 Å². The number of anilines is 1. The third-order valence-electron chi connectivity index (χ3n) is 3.24. The van der Waals surface area contributed by atoms with Crippen molar-refractivity contribution in [2.45, 2.75) is 25.8 Å². The van der Waals surface area contributed by atoms with Gasteiger partial charge < -0.3 is 9.88 Å². The summed E-state index contributed by atoms with van der Waals surface area (Å²) in [7, 11) is 1.78. The number of nitrogens with zero attached hydrogens (tertiary/aromatic N) is 6. The lowest BCUT2D eigenvalue weighted by atomic mass is 10.3. The zero-order valence-corrected chi connectivity index (χ0v) is 11.9. The summed E-state index contributed by atoms with van der Waals surface area (Å²) < 4.78 is 43.2. The largest absolute Gasteiger partial charge is 0.451 e. The van der Waals surface area contributed by atoms with Crippen LogP contribution < -0.4 is 5.32 Å². The Morgan fingerprint density at radius 2 is 2.05 bits per heavy atom. The van der Waals surface area contributed by atoms with Crippen molar-refractivity contribution in [3.05, 3.63) is 17.3 Å². The predicted octanol–water partition coefficient (Wildman–Crippen LogP) is 1.21. The molecule has 3 rings (SSSR count). The van der Waals surface area contributed by atoms with E-state index < -0.39 is 12.0 Å². The fraction of sp³-hybridized carbons (Fsp3) is 0.600. The van der Waals surface area contributed by atoms with Crippen molar-refractivity contribution < 1.29 is 13.2 Å². The van der Waals surface area contributed by atoms with Gasteiger partial charge in [0, 0.05) is 38.2 Å². The van der Waals surface area contributed by atoms with Crippen molar-refractivity contribution >= 4 is 16.5 Å². The fourth-order valence-electron chi connectivity index (χ4n) is 2.27.